The quantitative estimate of drug-likeness (QED) is 0.620. The molecule has 0 saturated carbocycles. The molecule has 0 aromatic carbocycles. The van der Waals surface area contributed by atoms with Crippen molar-refractivity contribution in [3.8, 4) is 0 Å². The molecular weight excluding hydrogens is 178 g/mol. The van der Waals surface area contributed by atoms with Crippen LogP contribution in [0, 0.1) is 0 Å². The Morgan fingerprint density at radius 1 is 1.21 bits per heavy atom. The molecule has 14 heavy (non-hydrogen) atoms. The van der Waals surface area contributed by atoms with Crippen LogP contribution < -0.4 is 5.32 Å². The van der Waals surface area contributed by atoms with E-state index in [0.717, 1.165) is 32.6 Å². The zero-order valence-corrected chi connectivity index (χ0v) is 10.0. The topological polar surface area (TPSA) is 30.5 Å². The molecule has 0 amide bonds. The standard InChI is InChI=1S/C11H25NO2/c1-5-8-12-10(9-13-4)11(6-2)14-7-3/h10-12H,5-9H2,1-4H3. The molecule has 0 aromatic rings. The number of nitrogens with one attached hydrogen (secondary N) is 1. The number of methoxy groups -OCH3 is 1. The largest absolute Gasteiger partial charge is 0.383 e. The van der Waals surface area contributed by atoms with Crippen molar-refractivity contribution < 1.29 is 9.47 Å². The molecule has 2 unspecified atom stereocenters. The van der Waals surface area contributed by atoms with Gasteiger partial charge in [-0.3, -0.25) is 0 Å². The molecule has 3 nitrogen and oxygen atoms in total. The Bertz CT molecular complexity index is 120. The molecule has 0 fully saturated rings. The first-order valence-electron chi connectivity index (χ1n) is 5.63. The first kappa shape index (κ1) is 13.9. The highest BCUT2D eigenvalue weighted by Crippen LogP contribution is 2.05. The molecule has 86 valence electrons. The average molecular weight is 203 g/mol. The molecule has 0 saturated heterocycles. The van der Waals surface area contributed by atoms with Gasteiger partial charge in [-0.2, -0.15) is 0 Å². The smallest absolute Gasteiger partial charge is 0.0747 e. The first-order valence-corrected chi connectivity index (χ1v) is 5.63. The van der Waals surface area contributed by atoms with Crippen LogP contribution in [0.25, 0.3) is 0 Å². The van der Waals surface area contributed by atoms with E-state index in [1.54, 1.807) is 7.11 Å². The van der Waals surface area contributed by atoms with E-state index in [4.69, 9.17) is 9.47 Å². The molecule has 0 aliphatic heterocycles. The average Bonchev–Trinajstić information content (AvgIpc) is 2.21. The summed E-state index contributed by atoms with van der Waals surface area (Å²) in [6, 6.07) is 0.324. The minimum absolute atomic E-state index is 0.270. The van der Waals surface area contributed by atoms with Gasteiger partial charge in [-0.1, -0.05) is 13.8 Å². The van der Waals surface area contributed by atoms with Gasteiger partial charge in [0.15, 0.2) is 0 Å². The van der Waals surface area contributed by atoms with Gasteiger partial charge >= 0.3 is 0 Å². The number of hydrogen-bond donors (Lipinski definition) is 1. The predicted molar refractivity (Wildman–Crippen MR) is 59.7 cm³/mol. The van der Waals surface area contributed by atoms with Crippen LogP contribution in [0.3, 0.4) is 0 Å². The molecule has 0 aromatic heterocycles. The van der Waals surface area contributed by atoms with Crippen molar-refractivity contribution in [2.45, 2.75) is 45.8 Å². The highest BCUT2D eigenvalue weighted by molar-refractivity contribution is 4.75. The summed E-state index contributed by atoms with van der Waals surface area (Å²) < 4.78 is 10.8. The monoisotopic (exact) mass is 203 g/mol. The molecule has 1 N–H and O–H groups in total. The zero-order chi connectivity index (χ0) is 10.8. The van der Waals surface area contributed by atoms with Gasteiger partial charge in [-0.15, -0.1) is 0 Å². The third-order valence-corrected chi connectivity index (χ3v) is 2.23. The summed E-state index contributed by atoms with van der Waals surface area (Å²) in [5.74, 6) is 0. The second-order valence-corrected chi connectivity index (χ2v) is 3.42. The normalized spacial score (nSPS) is 15.4. The second-order valence-electron chi connectivity index (χ2n) is 3.42. The maximum Gasteiger partial charge on any atom is 0.0747 e. The highest BCUT2D eigenvalue weighted by Gasteiger charge is 2.18. The van der Waals surface area contributed by atoms with Crippen LogP contribution in [0.15, 0.2) is 0 Å². The van der Waals surface area contributed by atoms with Crippen LogP contribution in [-0.2, 0) is 9.47 Å². The number of hydrogen-bond acceptors (Lipinski definition) is 3. The summed E-state index contributed by atoms with van der Waals surface area (Å²) in [4.78, 5) is 0. The SMILES string of the molecule is CCCNC(COC)C(CC)OCC. The molecule has 0 aliphatic rings. The third kappa shape index (κ3) is 5.58. The zero-order valence-electron chi connectivity index (χ0n) is 10.0. The minimum Gasteiger partial charge on any atom is -0.383 e. The van der Waals surface area contributed by atoms with Crippen molar-refractivity contribution >= 4 is 0 Å². The Balaban J connectivity index is 3.97. The van der Waals surface area contributed by atoms with Crippen LogP contribution in [0.1, 0.15) is 33.6 Å². The van der Waals surface area contributed by atoms with E-state index in [0.29, 0.717) is 6.04 Å². The fourth-order valence-electron chi connectivity index (χ4n) is 1.54. The maximum absolute atomic E-state index is 5.66. The lowest BCUT2D eigenvalue weighted by Crippen LogP contribution is -2.44. The fourth-order valence-corrected chi connectivity index (χ4v) is 1.54. The lowest BCUT2D eigenvalue weighted by Gasteiger charge is -2.26. The maximum atomic E-state index is 5.66. The van der Waals surface area contributed by atoms with E-state index in [1.807, 2.05) is 6.92 Å². The summed E-state index contributed by atoms with van der Waals surface area (Å²) in [6.45, 7) is 8.87. The summed E-state index contributed by atoms with van der Waals surface area (Å²) in [5, 5.41) is 3.46. The van der Waals surface area contributed by atoms with Crippen molar-refractivity contribution in [1.82, 2.24) is 5.32 Å². The van der Waals surface area contributed by atoms with Crippen molar-refractivity contribution in [3.05, 3.63) is 0 Å². The Kier molecular flexibility index (Phi) is 9.35. The predicted octanol–water partition coefficient (Wildman–Crippen LogP) is 1.82. The molecule has 0 rings (SSSR count). The van der Waals surface area contributed by atoms with Gasteiger partial charge < -0.3 is 14.8 Å². The molecule has 0 spiro atoms. The van der Waals surface area contributed by atoms with Gasteiger partial charge in [-0.25, -0.2) is 0 Å². The van der Waals surface area contributed by atoms with Crippen molar-refractivity contribution in [1.29, 1.82) is 0 Å². The highest BCUT2D eigenvalue weighted by atomic mass is 16.5. The Hall–Kier alpha value is -0.120. The van der Waals surface area contributed by atoms with E-state index in [-0.39, 0.29) is 6.10 Å². The van der Waals surface area contributed by atoms with Gasteiger partial charge in [0.2, 0.25) is 0 Å². The van der Waals surface area contributed by atoms with Gasteiger partial charge in [0.1, 0.15) is 0 Å². The third-order valence-electron chi connectivity index (χ3n) is 2.23. The fraction of sp³-hybridized carbons (Fsp3) is 1.00. The Morgan fingerprint density at radius 3 is 2.36 bits per heavy atom. The molecule has 2 atom stereocenters. The summed E-state index contributed by atoms with van der Waals surface area (Å²) in [7, 11) is 1.74. The van der Waals surface area contributed by atoms with Crippen LogP contribution >= 0.6 is 0 Å². The molecule has 0 heterocycles. The lowest BCUT2D eigenvalue weighted by molar-refractivity contribution is 0.00768. The number of ether oxygens (including phenoxy) is 2. The van der Waals surface area contributed by atoms with Crippen LogP contribution in [0.2, 0.25) is 0 Å². The summed E-state index contributed by atoms with van der Waals surface area (Å²) in [6.07, 6.45) is 2.44. The first-order chi connectivity index (χ1) is 6.79. The molecule has 0 aliphatic carbocycles. The van der Waals surface area contributed by atoms with Crippen molar-refractivity contribution in [3.63, 3.8) is 0 Å². The van der Waals surface area contributed by atoms with E-state index in [9.17, 15) is 0 Å². The number of rotatable bonds is 9. The summed E-state index contributed by atoms with van der Waals surface area (Å²) in [5.41, 5.74) is 0. The van der Waals surface area contributed by atoms with Gasteiger partial charge in [-0.05, 0) is 26.3 Å². The Morgan fingerprint density at radius 2 is 1.93 bits per heavy atom. The van der Waals surface area contributed by atoms with E-state index in [2.05, 4.69) is 19.2 Å². The van der Waals surface area contributed by atoms with Crippen LogP contribution in [-0.4, -0.2) is 39.0 Å². The second kappa shape index (κ2) is 9.44. The molecule has 0 radical (unpaired) electrons. The van der Waals surface area contributed by atoms with E-state index < -0.39 is 0 Å². The van der Waals surface area contributed by atoms with Crippen molar-refractivity contribution in [2.75, 3.05) is 26.9 Å². The Labute approximate surface area is 88.2 Å². The van der Waals surface area contributed by atoms with Crippen LogP contribution in [0.4, 0.5) is 0 Å². The van der Waals surface area contributed by atoms with E-state index >= 15 is 0 Å². The van der Waals surface area contributed by atoms with Crippen molar-refractivity contribution in [2.24, 2.45) is 0 Å². The van der Waals surface area contributed by atoms with E-state index in [1.165, 1.54) is 0 Å². The van der Waals surface area contributed by atoms with Gasteiger partial charge in [0.25, 0.3) is 0 Å². The van der Waals surface area contributed by atoms with Crippen LogP contribution in [0.5, 0.6) is 0 Å². The van der Waals surface area contributed by atoms with Gasteiger partial charge in [0.05, 0.1) is 18.8 Å². The molecule has 0 bridgehead atoms. The lowest BCUT2D eigenvalue weighted by atomic mass is 10.1. The summed E-state index contributed by atoms with van der Waals surface area (Å²) >= 11 is 0. The minimum atomic E-state index is 0.270. The molecule has 3 heteroatoms. The molecular formula is C11H25NO2. The van der Waals surface area contributed by atoms with Gasteiger partial charge in [0, 0.05) is 13.7 Å².